The highest BCUT2D eigenvalue weighted by Gasteiger charge is 2.35. The van der Waals surface area contributed by atoms with Crippen molar-refractivity contribution in [3.8, 4) is 11.4 Å². The third-order valence-electron chi connectivity index (χ3n) is 8.73. The van der Waals surface area contributed by atoms with Crippen LogP contribution in [0.5, 0.6) is 5.75 Å². The lowest BCUT2D eigenvalue weighted by Gasteiger charge is -2.35. The number of unbranched alkanes of at least 4 members (excludes halogenated alkanes) is 1. The Labute approximate surface area is 315 Å². The van der Waals surface area contributed by atoms with Crippen molar-refractivity contribution in [2.75, 3.05) is 35.7 Å². The molecule has 2 aromatic heterocycles. The van der Waals surface area contributed by atoms with Crippen LogP contribution in [-0.4, -0.2) is 69.1 Å². The van der Waals surface area contributed by atoms with Gasteiger partial charge >= 0.3 is 12.1 Å². The van der Waals surface area contributed by atoms with Crippen molar-refractivity contribution in [2.45, 2.75) is 72.1 Å². The van der Waals surface area contributed by atoms with Gasteiger partial charge < -0.3 is 24.8 Å². The van der Waals surface area contributed by atoms with Gasteiger partial charge in [-0.1, -0.05) is 55.3 Å². The summed E-state index contributed by atoms with van der Waals surface area (Å²) in [5, 5.41) is 15.2. The van der Waals surface area contributed by atoms with Gasteiger partial charge in [0.25, 0.3) is 5.91 Å². The van der Waals surface area contributed by atoms with E-state index >= 15 is 0 Å². The van der Waals surface area contributed by atoms with E-state index in [4.69, 9.17) is 19.3 Å². The van der Waals surface area contributed by atoms with Crippen molar-refractivity contribution >= 4 is 46.1 Å². The Morgan fingerprint density at radius 1 is 0.944 bits per heavy atom. The summed E-state index contributed by atoms with van der Waals surface area (Å²) in [7, 11) is 0. The topological polar surface area (TPSA) is 149 Å². The predicted molar refractivity (Wildman–Crippen MR) is 208 cm³/mol. The molecule has 3 aromatic carbocycles. The fraction of sp³-hybridized carbons (Fsp3) is 0.341. The van der Waals surface area contributed by atoms with Crippen LogP contribution in [0, 0.1) is 6.92 Å². The standard InChI is InChI=1S/C41H47N7O6/c1-6-7-10-29-24-37(48(46-29)30-15-13-27(2)14-16-30)45-39(50)43-33-17-18-35(32-12-9-8-11-31(32)33)53-25-28-19-20-42-36(23-28)44-38(49)34-26-52-22-21-47(34)40(51)54-41(3,4)5/h8-9,11-20,23-24,34H,6-7,10,21-22,25-26H2,1-5H3,(H,42,44,49)(H2,43,45,50). The van der Waals surface area contributed by atoms with E-state index in [9.17, 15) is 14.4 Å². The number of pyridine rings is 1. The van der Waals surface area contributed by atoms with Crippen molar-refractivity contribution in [1.29, 1.82) is 0 Å². The van der Waals surface area contributed by atoms with Gasteiger partial charge in [-0.2, -0.15) is 5.10 Å². The van der Waals surface area contributed by atoms with Gasteiger partial charge in [-0.25, -0.2) is 19.3 Å². The molecule has 0 aliphatic carbocycles. The predicted octanol–water partition coefficient (Wildman–Crippen LogP) is 7.87. The Bertz CT molecular complexity index is 2110. The highest BCUT2D eigenvalue weighted by molar-refractivity contribution is 6.07. The molecule has 4 amide bonds. The van der Waals surface area contributed by atoms with Crippen molar-refractivity contribution < 1.29 is 28.6 Å². The number of amides is 4. The summed E-state index contributed by atoms with van der Waals surface area (Å²) < 4.78 is 19.1. The molecular formula is C41H47N7O6. The Morgan fingerprint density at radius 2 is 1.72 bits per heavy atom. The number of morpholine rings is 1. The zero-order valence-electron chi connectivity index (χ0n) is 31.3. The van der Waals surface area contributed by atoms with Crippen LogP contribution in [0.2, 0.25) is 0 Å². The summed E-state index contributed by atoms with van der Waals surface area (Å²) in [6.07, 6.45) is 3.87. The number of benzene rings is 3. The summed E-state index contributed by atoms with van der Waals surface area (Å²) >= 11 is 0. The maximum atomic E-state index is 13.4. The fourth-order valence-corrected chi connectivity index (χ4v) is 6.02. The summed E-state index contributed by atoms with van der Waals surface area (Å²) in [6, 6.07) is 23.5. The number of rotatable bonds is 11. The van der Waals surface area contributed by atoms with Crippen molar-refractivity contribution in [1.82, 2.24) is 19.7 Å². The van der Waals surface area contributed by atoms with E-state index in [1.54, 1.807) is 43.8 Å². The monoisotopic (exact) mass is 733 g/mol. The van der Waals surface area contributed by atoms with Crippen LogP contribution >= 0.6 is 0 Å². The van der Waals surface area contributed by atoms with Crippen LogP contribution in [0.15, 0.2) is 85.1 Å². The SMILES string of the molecule is CCCCc1cc(NC(=O)Nc2ccc(OCc3ccnc(NC(=O)C4COCCN4C(=O)OC(C)(C)C)c3)c3ccccc23)n(-c2ccc(C)cc2)n1. The number of carbonyl (C=O) groups is 3. The van der Waals surface area contributed by atoms with E-state index in [0.29, 0.717) is 29.7 Å². The van der Waals surface area contributed by atoms with Gasteiger partial charge in [0, 0.05) is 29.6 Å². The van der Waals surface area contributed by atoms with Crippen LogP contribution < -0.4 is 20.7 Å². The first kappa shape index (κ1) is 37.8. The molecule has 0 radical (unpaired) electrons. The molecule has 13 heteroatoms. The molecule has 1 fully saturated rings. The molecule has 1 aliphatic rings. The Balaban J connectivity index is 1.12. The second kappa shape index (κ2) is 16.8. The number of fused-ring (bicyclic) bond motifs is 1. The maximum Gasteiger partial charge on any atom is 0.411 e. The van der Waals surface area contributed by atoms with Crippen molar-refractivity contribution in [2.24, 2.45) is 0 Å². The minimum Gasteiger partial charge on any atom is -0.488 e. The molecule has 5 aromatic rings. The van der Waals surface area contributed by atoms with Gasteiger partial charge in [-0.15, -0.1) is 0 Å². The number of nitrogens with one attached hydrogen (secondary N) is 3. The summed E-state index contributed by atoms with van der Waals surface area (Å²) in [4.78, 5) is 45.2. The van der Waals surface area contributed by atoms with Crippen molar-refractivity contribution in [3.05, 3.63) is 102 Å². The van der Waals surface area contributed by atoms with Gasteiger partial charge in [0.05, 0.1) is 30.3 Å². The van der Waals surface area contributed by atoms with E-state index < -0.39 is 29.7 Å². The number of hydrogen-bond donors (Lipinski definition) is 3. The summed E-state index contributed by atoms with van der Waals surface area (Å²) in [5.74, 6) is 1.07. The van der Waals surface area contributed by atoms with E-state index in [1.807, 2.05) is 73.7 Å². The molecule has 0 saturated carbocycles. The molecule has 1 unspecified atom stereocenters. The van der Waals surface area contributed by atoms with Crippen LogP contribution in [0.25, 0.3) is 16.5 Å². The molecule has 54 heavy (non-hydrogen) atoms. The Kier molecular flexibility index (Phi) is 11.8. The van der Waals surface area contributed by atoms with Crippen molar-refractivity contribution in [3.63, 3.8) is 0 Å². The average molecular weight is 734 g/mol. The summed E-state index contributed by atoms with van der Waals surface area (Å²) in [6.45, 7) is 10.3. The lowest BCUT2D eigenvalue weighted by Crippen LogP contribution is -2.55. The lowest BCUT2D eigenvalue weighted by molar-refractivity contribution is -0.127. The number of carbonyl (C=O) groups excluding carboxylic acids is 3. The van der Waals surface area contributed by atoms with E-state index in [1.165, 1.54) is 4.90 Å². The average Bonchev–Trinajstić information content (AvgIpc) is 3.55. The lowest BCUT2D eigenvalue weighted by atomic mass is 10.1. The minimum absolute atomic E-state index is 0.0472. The summed E-state index contributed by atoms with van der Waals surface area (Å²) in [5.41, 5.74) is 3.58. The molecule has 6 rings (SSSR count). The molecule has 3 heterocycles. The molecule has 282 valence electrons. The third kappa shape index (κ3) is 9.53. The molecule has 1 saturated heterocycles. The second-order valence-corrected chi connectivity index (χ2v) is 14.2. The van der Waals surface area contributed by atoms with E-state index in [-0.39, 0.29) is 19.8 Å². The maximum absolute atomic E-state index is 13.4. The molecule has 1 aliphatic heterocycles. The molecule has 0 spiro atoms. The molecule has 3 N–H and O–H groups in total. The number of hydrogen-bond acceptors (Lipinski definition) is 8. The van der Waals surface area contributed by atoms with E-state index in [0.717, 1.165) is 52.5 Å². The zero-order valence-corrected chi connectivity index (χ0v) is 31.3. The first-order valence-electron chi connectivity index (χ1n) is 18.2. The first-order chi connectivity index (χ1) is 26.0. The number of anilines is 3. The normalized spacial score (nSPS) is 14.4. The number of urea groups is 1. The smallest absolute Gasteiger partial charge is 0.411 e. The molecule has 13 nitrogen and oxygen atoms in total. The van der Waals surface area contributed by atoms with Gasteiger partial charge in [0.1, 0.15) is 35.6 Å². The van der Waals surface area contributed by atoms with Gasteiger partial charge in [-0.3, -0.25) is 15.0 Å². The first-order valence-corrected chi connectivity index (χ1v) is 18.2. The Morgan fingerprint density at radius 3 is 2.48 bits per heavy atom. The van der Waals surface area contributed by atoms with Gasteiger partial charge in [0.15, 0.2) is 0 Å². The molecule has 1 atom stereocenters. The zero-order chi connectivity index (χ0) is 38.2. The Hall–Kier alpha value is -5.95. The minimum atomic E-state index is -0.866. The number of nitrogens with zero attached hydrogens (tertiary/aromatic N) is 4. The fourth-order valence-electron chi connectivity index (χ4n) is 6.02. The van der Waals surface area contributed by atoms with Crippen LogP contribution in [0.4, 0.5) is 26.9 Å². The molecule has 0 bridgehead atoms. The number of ether oxygens (including phenoxy) is 3. The third-order valence-corrected chi connectivity index (χ3v) is 8.73. The van der Waals surface area contributed by atoms with Gasteiger partial charge in [0.2, 0.25) is 0 Å². The van der Waals surface area contributed by atoms with Gasteiger partial charge in [-0.05, 0) is 82.5 Å². The number of aryl methyl sites for hydroxylation is 2. The number of aromatic nitrogens is 3. The van der Waals surface area contributed by atoms with E-state index in [2.05, 4.69) is 27.9 Å². The second-order valence-electron chi connectivity index (χ2n) is 14.2. The largest absolute Gasteiger partial charge is 0.488 e. The van der Waals surface area contributed by atoms with Crippen LogP contribution in [0.3, 0.4) is 0 Å². The quantitative estimate of drug-likeness (QED) is 0.124. The van der Waals surface area contributed by atoms with Crippen LogP contribution in [-0.2, 0) is 27.3 Å². The van der Waals surface area contributed by atoms with Crippen LogP contribution in [0.1, 0.15) is 57.4 Å². The highest BCUT2D eigenvalue weighted by Crippen LogP contribution is 2.32. The molecular weight excluding hydrogens is 686 g/mol. The highest BCUT2D eigenvalue weighted by atomic mass is 16.6.